The number of hydrogen-bond donors (Lipinski definition) is 3. The number of nitrogens with zero attached hydrogens (tertiary/aromatic N) is 1. The lowest BCUT2D eigenvalue weighted by Crippen LogP contribution is -2.57. The van der Waals surface area contributed by atoms with E-state index in [0.29, 0.717) is 25.8 Å². The first-order valence-corrected chi connectivity index (χ1v) is 13.8. The van der Waals surface area contributed by atoms with Gasteiger partial charge < -0.3 is 21.3 Å². The van der Waals surface area contributed by atoms with Gasteiger partial charge in [-0.3, -0.25) is 19.2 Å². The van der Waals surface area contributed by atoms with Crippen molar-refractivity contribution in [2.24, 2.45) is 27.4 Å². The van der Waals surface area contributed by atoms with Crippen LogP contribution in [0.15, 0.2) is 0 Å². The fourth-order valence-electron chi connectivity index (χ4n) is 6.69. The van der Waals surface area contributed by atoms with E-state index in [1.165, 1.54) is 0 Å². The minimum atomic E-state index is -0.903. The number of likely N-dealkylation sites (tertiary alicyclic amines) is 1. The Labute approximate surface area is 216 Å². The number of carbonyl (C=O) groups excluding carboxylic acids is 4. The first kappa shape index (κ1) is 28.6. The van der Waals surface area contributed by atoms with Crippen molar-refractivity contribution >= 4 is 23.5 Å². The molecule has 0 aromatic heterocycles. The highest BCUT2D eigenvalue weighted by atomic mass is 16.2. The van der Waals surface area contributed by atoms with Crippen molar-refractivity contribution in [2.45, 2.75) is 125 Å². The fourth-order valence-corrected chi connectivity index (χ4v) is 6.69. The molecule has 5 atom stereocenters. The zero-order chi connectivity index (χ0) is 27.3. The quantitative estimate of drug-likeness (QED) is 0.395. The molecule has 8 heteroatoms. The minimum absolute atomic E-state index is 0.00305. The average molecular weight is 505 g/mol. The second-order valence-electron chi connectivity index (χ2n) is 13.3. The molecular formula is C28H48N4O4. The van der Waals surface area contributed by atoms with Crippen LogP contribution in [0, 0.1) is 21.7 Å². The van der Waals surface area contributed by atoms with Crippen molar-refractivity contribution in [3.63, 3.8) is 0 Å². The molecule has 1 saturated heterocycles. The summed E-state index contributed by atoms with van der Waals surface area (Å²) in [7, 11) is 0. The van der Waals surface area contributed by atoms with Gasteiger partial charge in [0.1, 0.15) is 6.04 Å². The van der Waals surface area contributed by atoms with Gasteiger partial charge in [-0.2, -0.15) is 0 Å². The summed E-state index contributed by atoms with van der Waals surface area (Å²) in [5, 5.41) is 5.60. The van der Waals surface area contributed by atoms with Crippen LogP contribution < -0.4 is 16.4 Å². The molecule has 0 radical (unpaired) electrons. The Morgan fingerprint density at radius 1 is 1.06 bits per heavy atom. The second kappa shape index (κ2) is 9.73. The molecule has 2 aliphatic carbocycles. The number of nitrogens with two attached hydrogens (primary N) is 1. The predicted molar refractivity (Wildman–Crippen MR) is 140 cm³/mol. The lowest BCUT2D eigenvalue weighted by atomic mass is 9.86. The van der Waals surface area contributed by atoms with E-state index in [2.05, 4.69) is 38.3 Å². The van der Waals surface area contributed by atoms with Crippen molar-refractivity contribution in [3.8, 4) is 0 Å². The first-order chi connectivity index (χ1) is 16.6. The fraction of sp³-hybridized carbons (Fsp3) is 0.857. The van der Waals surface area contributed by atoms with E-state index in [9.17, 15) is 19.2 Å². The Balaban J connectivity index is 1.87. The molecular weight excluding hydrogens is 456 g/mol. The van der Waals surface area contributed by atoms with Crippen LogP contribution in [0.4, 0.5) is 0 Å². The smallest absolute Gasteiger partial charge is 0.289 e. The van der Waals surface area contributed by atoms with E-state index in [4.69, 9.17) is 5.73 Å². The molecule has 5 unspecified atom stereocenters. The van der Waals surface area contributed by atoms with E-state index in [1.807, 2.05) is 27.7 Å². The number of Topliss-reactive ketones (excluding diaryl/α,β-unsaturated/α-hetero) is 1. The van der Waals surface area contributed by atoms with Crippen molar-refractivity contribution in [3.05, 3.63) is 0 Å². The van der Waals surface area contributed by atoms with Crippen LogP contribution in [-0.2, 0) is 19.2 Å². The zero-order valence-corrected chi connectivity index (χ0v) is 23.6. The van der Waals surface area contributed by atoms with Crippen molar-refractivity contribution in [1.29, 1.82) is 0 Å². The van der Waals surface area contributed by atoms with Crippen LogP contribution in [0.3, 0.4) is 0 Å². The molecule has 0 bridgehead atoms. The molecule has 3 aliphatic rings. The Morgan fingerprint density at radius 2 is 1.67 bits per heavy atom. The number of rotatable bonds is 10. The van der Waals surface area contributed by atoms with Gasteiger partial charge in [-0.25, -0.2) is 0 Å². The normalized spacial score (nSPS) is 30.6. The van der Waals surface area contributed by atoms with Crippen molar-refractivity contribution in [1.82, 2.24) is 15.5 Å². The number of carbonyl (C=O) groups is 4. The molecule has 2 saturated carbocycles. The molecule has 36 heavy (non-hydrogen) atoms. The van der Waals surface area contributed by atoms with Crippen LogP contribution in [0.5, 0.6) is 0 Å². The monoisotopic (exact) mass is 504 g/mol. The molecule has 3 fully saturated rings. The van der Waals surface area contributed by atoms with E-state index in [-0.39, 0.29) is 34.1 Å². The van der Waals surface area contributed by atoms with Gasteiger partial charge in [-0.05, 0) is 48.3 Å². The van der Waals surface area contributed by atoms with Gasteiger partial charge in [0, 0.05) is 18.0 Å². The van der Waals surface area contributed by atoms with Crippen molar-refractivity contribution < 1.29 is 19.2 Å². The Morgan fingerprint density at radius 3 is 2.17 bits per heavy atom. The molecule has 0 aromatic carbocycles. The highest BCUT2D eigenvalue weighted by Crippen LogP contribution is 2.83. The molecule has 0 aromatic rings. The third-order valence-electron chi connectivity index (χ3n) is 9.81. The summed E-state index contributed by atoms with van der Waals surface area (Å²) >= 11 is 0. The topological polar surface area (TPSA) is 122 Å². The van der Waals surface area contributed by atoms with Crippen LogP contribution in [0.1, 0.15) is 100 Å². The Hall–Kier alpha value is -1.96. The lowest BCUT2D eigenvalue weighted by molar-refractivity contribution is -0.143. The molecule has 1 aliphatic heterocycles. The molecule has 3 rings (SSSR count). The Bertz CT molecular complexity index is 906. The number of hydrogen-bond acceptors (Lipinski definition) is 5. The van der Waals surface area contributed by atoms with Gasteiger partial charge in [0.15, 0.2) is 0 Å². The molecule has 4 N–H and O–H groups in total. The summed E-state index contributed by atoms with van der Waals surface area (Å²) in [6.07, 6.45) is 5.34. The summed E-state index contributed by atoms with van der Waals surface area (Å²) in [6, 6.07) is -2.31. The largest absolute Gasteiger partial charge is 0.347 e. The van der Waals surface area contributed by atoms with E-state index in [1.54, 1.807) is 4.90 Å². The van der Waals surface area contributed by atoms with Gasteiger partial charge in [-0.1, -0.05) is 68.2 Å². The predicted octanol–water partition coefficient (Wildman–Crippen LogP) is 2.93. The molecule has 1 spiro atoms. The van der Waals surface area contributed by atoms with Gasteiger partial charge in [0.25, 0.3) is 5.91 Å². The van der Waals surface area contributed by atoms with Gasteiger partial charge in [0.2, 0.25) is 17.6 Å². The molecule has 204 valence electrons. The SMILES string of the molecule is CCCC(NC(=O)C1CC2(CN1C(=O)C(N)C(C)(C)C)C(C)(C)C2(C)CCC)C(=O)C(=O)NC1CC1. The average Bonchev–Trinajstić information content (AvgIpc) is 3.58. The minimum Gasteiger partial charge on any atom is -0.347 e. The summed E-state index contributed by atoms with van der Waals surface area (Å²) in [5.74, 6) is -1.85. The van der Waals surface area contributed by atoms with Crippen LogP contribution in [0.25, 0.3) is 0 Å². The summed E-state index contributed by atoms with van der Waals surface area (Å²) in [4.78, 5) is 54.4. The second-order valence-corrected chi connectivity index (χ2v) is 13.3. The molecule has 8 nitrogen and oxygen atoms in total. The van der Waals surface area contributed by atoms with Crippen LogP contribution in [-0.4, -0.2) is 59.1 Å². The standard InChI is InChI=1S/C28H48N4O4/c1-9-11-18(20(33)23(35)30-17-12-13-17)31-22(34)19-15-28(26(6,7)27(28,8)14-10-2)16-32(19)24(36)21(29)25(3,4)5/h17-19,21H,9-16,29H2,1-8H3,(H,30,35)(H,31,34). The molecule has 3 amide bonds. The molecule has 1 heterocycles. The zero-order valence-electron chi connectivity index (χ0n) is 23.6. The van der Waals surface area contributed by atoms with E-state index >= 15 is 0 Å². The van der Waals surface area contributed by atoms with Gasteiger partial charge >= 0.3 is 0 Å². The van der Waals surface area contributed by atoms with E-state index in [0.717, 1.165) is 25.7 Å². The number of ketones is 1. The van der Waals surface area contributed by atoms with Crippen molar-refractivity contribution in [2.75, 3.05) is 6.54 Å². The highest BCUT2D eigenvalue weighted by molar-refractivity contribution is 6.38. The third-order valence-corrected chi connectivity index (χ3v) is 9.81. The van der Waals surface area contributed by atoms with Gasteiger partial charge in [0.05, 0.1) is 12.1 Å². The number of amides is 3. The maximum Gasteiger partial charge on any atom is 0.289 e. The summed E-state index contributed by atoms with van der Waals surface area (Å²) < 4.78 is 0. The summed E-state index contributed by atoms with van der Waals surface area (Å²) in [6.45, 7) is 17.1. The van der Waals surface area contributed by atoms with Crippen LogP contribution >= 0.6 is 0 Å². The first-order valence-electron chi connectivity index (χ1n) is 13.8. The Kier molecular flexibility index (Phi) is 7.73. The van der Waals surface area contributed by atoms with E-state index < -0.39 is 35.2 Å². The highest BCUT2D eigenvalue weighted by Gasteiger charge is 2.81. The summed E-state index contributed by atoms with van der Waals surface area (Å²) in [5.41, 5.74) is 5.70. The maximum absolute atomic E-state index is 13.7. The lowest BCUT2D eigenvalue weighted by Gasteiger charge is -2.33. The third kappa shape index (κ3) is 4.70. The maximum atomic E-state index is 13.7. The van der Waals surface area contributed by atoms with Crippen LogP contribution in [0.2, 0.25) is 0 Å². The van der Waals surface area contributed by atoms with Gasteiger partial charge in [-0.15, -0.1) is 0 Å². The number of nitrogens with one attached hydrogen (secondary N) is 2.